The zero-order chi connectivity index (χ0) is 12.5. The molecule has 96 valence electrons. The minimum Gasteiger partial charge on any atom is -0.375 e. The Labute approximate surface area is 106 Å². The van der Waals surface area contributed by atoms with Crippen LogP contribution in [0.2, 0.25) is 0 Å². The molecule has 2 heterocycles. The second-order valence-corrected chi connectivity index (χ2v) is 6.03. The van der Waals surface area contributed by atoms with E-state index in [-0.39, 0.29) is 0 Å². The van der Waals surface area contributed by atoms with Crippen molar-refractivity contribution < 1.29 is 0 Å². The Hall–Kier alpha value is -0.920. The summed E-state index contributed by atoms with van der Waals surface area (Å²) in [4.78, 5) is 4.88. The molecule has 1 spiro atoms. The lowest BCUT2D eigenvalue weighted by atomic mass is 9.77. The molecule has 2 aliphatic heterocycles. The van der Waals surface area contributed by atoms with Crippen LogP contribution >= 0.6 is 0 Å². The van der Waals surface area contributed by atoms with Crippen molar-refractivity contribution in [2.24, 2.45) is 5.41 Å². The molecule has 0 N–H and O–H groups in total. The monoisotopic (exact) mass is 234 g/mol. The zero-order valence-electron chi connectivity index (χ0n) is 11.7. The van der Waals surface area contributed by atoms with Crippen LogP contribution in [-0.4, -0.2) is 35.0 Å². The largest absolute Gasteiger partial charge is 0.375 e. The van der Waals surface area contributed by atoms with Gasteiger partial charge in [-0.3, -0.25) is 0 Å². The Kier molecular flexibility index (Phi) is 3.50. The third kappa shape index (κ3) is 2.67. The van der Waals surface area contributed by atoms with E-state index >= 15 is 0 Å². The minimum atomic E-state index is 0.344. The van der Waals surface area contributed by atoms with Crippen molar-refractivity contribution in [1.29, 1.82) is 0 Å². The lowest BCUT2D eigenvalue weighted by Crippen LogP contribution is -2.39. The van der Waals surface area contributed by atoms with Crippen LogP contribution < -0.4 is 0 Å². The molecule has 0 aromatic carbocycles. The standard InChI is InChI=1S/C15H26N2/c1-13(2)16-9-5-15(6-10-16)7-11-17(12-8-15)14(3)4/h5,7,9,11,13-14H,6,8,10,12H2,1-4H3. The van der Waals surface area contributed by atoms with Crippen LogP contribution in [0, 0.1) is 5.41 Å². The van der Waals surface area contributed by atoms with Crippen LogP contribution in [0.3, 0.4) is 0 Å². The maximum Gasteiger partial charge on any atom is 0.0227 e. The first kappa shape index (κ1) is 12.5. The highest BCUT2D eigenvalue weighted by molar-refractivity contribution is 5.17. The Morgan fingerprint density at radius 2 is 1.24 bits per heavy atom. The van der Waals surface area contributed by atoms with Crippen LogP contribution in [0.15, 0.2) is 24.6 Å². The van der Waals surface area contributed by atoms with Gasteiger partial charge in [-0.15, -0.1) is 0 Å². The fourth-order valence-corrected chi connectivity index (χ4v) is 2.69. The molecule has 0 radical (unpaired) electrons. The van der Waals surface area contributed by atoms with Gasteiger partial charge in [-0.25, -0.2) is 0 Å². The average molecular weight is 234 g/mol. The fourth-order valence-electron chi connectivity index (χ4n) is 2.69. The normalized spacial score (nSPS) is 23.2. The molecule has 0 aromatic rings. The predicted octanol–water partition coefficient (Wildman–Crippen LogP) is 3.23. The van der Waals surface area contributed by atoms with Gasteiger partial charge in [0, 0.05) is 30.6 Å². The maximum atomic E-state index is 2.44. The SMILES string of the molecule is CC(C)N1C=CC2(C=CN(C(C)C)CC2)CC1. The summed E-state index contributed by atoms with van der Waals surface area (Å²) in [7, 11) is 0. The first-order valence-corrected chi connectivity index (χ1v) is 6.93. The van der Waals surface area contributed by atoms with E-state index in [2.05, 4.69) is 62.0 Å². The van der Waals surface area contributed by atoms with E-state index in [0.29, 0.717) is 17.5 Å². The Bertz CT molecular complexity index is 283. The van der Waals surface area contributed by atoms with Crippen LogP contribution in [0.1, 0.15) is 40.5 Å². The van der Waals surface area contributed by atoms with Gasteiger partial charge in [0.15, 0.2) is 0 Å². The van der Waals surface area contributed by atoms with Crippen LogP contribution in [0.4, 0.5) is 0 Å². The van der Waals surface area contributed by atoms with Crippen molar-refractivity contribution in [1.82, 2.24) is 9.80 Å². The summed E-state index contributed by atoms with van der Waals surface area (Å²) in [5, 5.41) is 0. The highest BCUT2D eigenvalue weighted by Gasteiger charge is 2.31. The van der Waals surface area contributed by atoms with Crippen molar-refractivity contribution in [2.45, 2.75) is 52.6 Å². The molecular weight excluding hydrogens is 208 g/mol. The summed E-state index contributed by atoms with van der Waals surface area (Å²) in [5.74, 6) is 0. The van der Waals surface area contributed by atoms with Crippen molar-refractivity contribution in [3.05, 3.63) is 24.6 Å². The second-order valence-electron chi connectivity index (χ2n) is 6.03. The molecule has 17 heavy (non-hydrogen) atoms. The smallest absolute Gasteiger partial charge is 0.0227 e. The van der Waals surface area contributed by atoms with Gasteiger partial charge in [-0.1, -0.05) is 12.2 Å². The number of hydrogen-bond acceptors (Lipinski definition) is 2. The summed E-state index contributed by atoms with van der Waals surface area (Å²) in [6.07, 6.45) is 12.0. The van der Waals surface area contributed by atoms with E-state index in [4.69, 9.17) is 0 Å². The first-order chi connectivity index (χ1) is 8.02. The summed E-state index contributed by atoms with van der Waals surface area (Å²) in [6, 6.07) is 1.26. The van der Waals surface area contributed by atoms with Gasteiger partial charge < -0.3 is 9.80 Å². The lowest BCUT2D eigenvalue weighted by Gasteiger charge is -2.42. The quantitative estimate of drug-likeness (QED) is 0.724. The maximum absolute atomic E-state index is 2.44. The van der Waals surface area contributed by atoms with Gasteiger partial charge in [0.25, 0.3) is 0 Å². The zero-order valence-corrected chi connectivity index (χ0v) is 11.7. The van der Waals surface area contributed by atoms with Gasteiger partial charge in [0.2, 0.25) is 0 Å². The Morgan fingerprint density at radius 3 is 1.47 bits per heavy atom. The Balaban J connectivity index is 2.04. The number of nitrogens with zero attached hydrogens (tertiary/aromatic N) is 2. The predicted molar refractivity (Wildman–Crippen MR) is 73.6 cm³/mol. The van der Waals surface area contributed by atoms with E-state index in [9.17, 15) is 0 Å². The van der Waals surface area contributed by atoms with Crippen molar-refractivity contribution in [2.75, 3.05) is 13.1 Å². The third-order valence-corrected chi connectivity index (χ3v) is 4.19. The first-order valence-electron chi connectivity index (χ1n) is 6.93. The van der Waals surface area contributed by atoms with Crippen LogP contribution in [0.25, 0.3) is 0 Å². The van der Waals surface area contributed by atoms with E-state index < -0.39 is 0 Å². The third-order valence-electron chi connectivity index (χ3n) is 4.19. The average Bonchev–Trinajstić information content (AvgIpc) is 2.30. The summed E-state index contributed by atoms with van der Waals surface area (Å²) < 4.78 is 0. The van der Waals surface area contributed by atoms with E-state index in [1.165, 1.54) is 25.9 Å². The number of hydrogen-bond donors (Lipinski definition) is 0. The molecule has 0 aromatic heterocycles. The molecule has 0 saturated carbocycles. The van der Waals surface area contributed by atoms with Gasteiger partial charge in [0.1, 0.15) is 0 Å². The molecule has 2 rings (SSSR count). The molecule has 2 heteroatoms. The van der Waals surface area contributed by atoms with Gasteiger partial charge in [-0.2, -0.15) is 0 Å². The fraction of sp³-hybridized carbons (Fsp3) is 0.733. The molecule has 0 unspecified atom stereocenters. The molecule has 0 saturated heterocycles. The molecule has 0 fully saturated rings. The van der Waals surface area contributed by atoms with Crippen molar-refractivity contribution >= 4 is 0 Å². The molecule has 0 atom stereocenters. The lowest BCUT2D eigenvalue weighted by molar-refractivity contribution is 0.196. The molecule has 0 bridgehead atoms. The molecule has 0 amide bonds. The molecule has 0 aliphatic carbocycles. The topological polar surface area (TPSA) is 6.48 Å². The molecule has 2 nitrogen and oxygen atoms in total. The number of allylic oxidation sites excluding steroid dienone is 2. The van der Waals surface area contributed by atoms with Gasteiger partial charge >= 0.3 is 0 Å². The summed E-state index contributed by atoms with van der Waals surface area (Å²) in [6.45, 7) is 11.4. The second kappa shape index (κ2) is 4.75. The van der Waals surface area contributed by atoms with Gasteiger partial charge in [0.05, 0.1) is 0 Å². The Morgan fingerprint density at radius 1 is 0.824 bits per heavy atom. The number of rotatable bonds is 2. The highest BCUT2D eigenvalue weighted by Crippen LogP contribution is 2.37. The van der Waals surface area contributed by atoms with Crippen molar-refractivity contribution in [3.63, 3.8) is 0 Å². The van der Waals surface area contributed by atoms with E-state index in [0.717, 1.165) is 0 Å². The van der Waals surface area contributed by atoms with Gasteiger partial charge in [-0.05, 0) is 52.9 Å². The summed E-state index contributed by atoms with van der Waals surface area (Å²) in [5.41, 5.74) is 0.344. The van der Waals surface area contributed by atoms with Crippen LogP contribution in [-0.2, 0) is 0 Å². The molecular formula is C15H26N2. The van der Waals surface area contributed by atoms with E-state index in [1.54, 1.807) is 0 Å². The summed E-state index contributed by atoms with van der Waals surface area (Å²) >= 11 is 0. The van der Waals surface area contributed by atoms with Crippen LogP contribution in [0.5, 0.6) is 0 Å². The minimum absolute atomic E-state index is 0.344. The highest BCUT2D eigenvalue weighted by atomic mass is 15.1. The van der Waals surface area contributed by atoms with Crippen molar-refractivity contribution in [3.8, 4) is 0 Å². The molecule has 2 aliphatic rings. The van der Waals surface area contributed by atoms with E-state index in [1.807, 2.05) is 0 Å².